The number of benzene rings is 1. The van der Waals surface area contributed by atoms with Crippen molar-refractivity contribution in [2.24, 2.45) is 23.5 Å². The number of nitrogens with two attached hydrogens (primary N) is 1. The van der Waals surface area contributed by atoms with Crippen LogP contribution >= 0.6 is 0 Å². The van der Waals surface area contributed by atoms with Crippen LogP contribution in [0.4, 0.5) is 0 Å². The van der Waals surface area contributed by atoms with Crippen LogP contribution in [-0.2, 0) is 12.8 Å². The number of fused-ring (bicyclic) bond motifs is 2. The van der Waals surface area contributed by atoms with E-state index in [9.17, 15) is 0 Å². The lowest BCUT2D eigenvalue weighted by molar-refractivity contribution is 0.480. The van der Waals surface area contributed by atoms with Gasteiger partial charge in [-0.2, -0.15) is 0 Å². The van der Waals surface area contributed by atoms with Crippen molar-refractivity contribution in [1.29, 1.82) is 0 Å². The van der Waals surface area contributed by atoms with Gasteiger partial charge in [-0.3, -0.25) is 0 Å². The first-order valence-electron chi connectivity index (χ1n) is 7.72. The minimum Gasteiger partial charge on any atom is -0.324 e. The fourth-order valence-electron chi connectivity index (χ4n) is 4.60. The lowest BCUT2D eigenvalue weighted by Gasteiger charge is -2.13. The maximum Gasteiger partial charge on any atom is 0.0329 e. The first-order chi connectivity index (χ1) is 8.84. The van der Waals surface area contributed by atoms with Crippen molar-refractivity contribution in [2.45, 2.75) is 51.0 Å². The van der Waals surface area contributed by atoms with Gasteiger partial charge in [0.25, 0.3) is 0 Å². The summed E-state index contributed by atoms with van der Waals surface area (Å²) in [6.45, 7) is 0. The van der Waals surface area contributed by atoms with Gasteiger partial charge in [-0.1, -0.05) is 31.0 Å². The molecule has 0 bridgehead atoms. The SMILES string of the molecule is NC(c1ccc2c(c1)CCC2)C1C2CCCCC21. The molecule has 96 valence electrons. The molecular formula is C17H23N. The lowest BCUT2D eigenvalue weighted by atomic mass is 9.97. The van der Waals surface area contributed by atoms with E-state index in [2.05, 4.69) is 18.2 Å². The Labute approximate surface area is 110 Å². The number of hydrogen-bond acceptors (Lipinski definition) is 1. The van der Waals surface area contributed by atoms with E-state index in [-0.39, 0.29) is 0 Å². The van der Waals surface area contributed by atoms with Crippen LogP contribution in [-0.4, -0.2) is 0 Å². The highest BCUT2D eigenvalue weighted by Crippen LogP contribution is 2.59. The van der Waals surface area contributed by atoms with Crippen LogP contribution in [0.5, 0.6) is 0 Å². The van der Waals surface area contributed by atoms with E-state index < -0.39 is 0 Å². The van der Waals surface area contributed by atoms with E-state index >= 15 is 0 Å². The molecular weight excluding hydrogens is 218 g/mol. The Bertz CT molecular complexity index is 453. The summed E-state index contributed by atoms with van der Waals surface area (Å²) in [5.41, 5.74) is 11.1. The smallest absolute Gasteiger partial charge is 0.0329 e. The molecule has 0 saturated heterocycles. The summed E-state index contributed by atoms with van der Waals surface area (Å²) in [5.74, 6) is 2.72. The summed E-state index contributed by atoms with van der Waals surface area (Å²) < 4.78 is 0. The molecule has 0 spiro atoms. The van der Waals surface area contributed by atoms with Crippen LogP contribution in [0.2, 0.25) is 0 Å². The van der Waals surface area contributed by atoms with Crippen molar-refractivity contribution in [3.8, 4) is 0 Å². The van der Waals surface area contributed by atoms with E-state index in [0.717, 1.165) is 17.8 Å². The normalized spacial score (nSPS) is 34.8. The van der Waals surface area contributed by atoms with Gasteiger partial charge >= 0.3 is 0 Å². The van der Waals surface area contributed by atoms with E-state index in [1.807, 2.05) is 0 Å². The molecule has 3 unspecified atom stereocenters. The fourth-order valence-corrected chi connectivity index (χ4v) is 4.60. The van der Waals surface area contributed by atoms with Gasteiger partial charge < -0.3 is 5.73 Å². The average Bonchev–Trinajstić information content (AvgIpc) is 2.95. The standard InChI is InChI=1S/C17H23N/c18-17(16-14-6-1-2-7-15(14)16)13-9-8-11-4-3-5-12(11)10-13/h8-10,14-17H,1-7,18H2. The topological polar surface area (TPSA) is 26.0 Å². The van der Waals surface area contributed by atoms with Crippen LogP contribution in [0.1, 0.15) is 54.8 Å². The highest BCUT2D eigenvalue weighted by molar-refractivity contribution is 5.37. The van der Waals surface area contributed by atoms with Crippen LogP contribution in [0.15, 0.2) is 18.2 Å². The minimum absolute atomic E-state index is 0.309. The molecule has 0 aromatic heterocycles. The Kier molecular flexibility index (Phi) is 2.51. The minimum atomic E-state index is 0.309. The zero-order valence-electron chi connectivity index (χ0n) is 11.1. The van der Waals surface area contributed by atoms with E-state index in [0.29, 0.717) is 6.04 Å². The molecule has 1 nitrogen and oxygen atoms in total. The van der Waals surface area contributed by atoms with Gasteiger partial charge in [0.05, 0.1) is 0 Å². The molecule has 1 aromatic rings. The van der Waals surface area contributed by atoms with Gasteiger partial charge in [-0.15, -0.1) is 0 Å². The summed E-state index contributed by atoms with van der Waals surface area (Å²) in [6.07, 6.45) is 9.64. The van der Waals surface area contributed by atoms with Crippen molar-refractivity contribution < 1.29 is 0 Å². The second kappa shape index (κ2) is 4.09. The van der Waals surface area contributed by atoms with Crippen molar-refractivity contribution >= 4 is 0 Å². The molecule has 3 aliphatic carbocycles. The summed E-state index contributed by atoms with van der Waals surface area (Å²) in [6, 6.07) is 7.36. The largest absolute Gasteiger partial charge is 0.324 e. The molecule has 3 atom stereocenters. The fraction of sp³-hybridized carbons (Fsp3) is 0.647. The second-order valence-electron chi connectivity index (χ2n) is 6.60. The van der Waals surface area contributed by atoms with Crippen LogP contribution in [0.25, 0.3) is 0 Å². The highest BCUT2D eigenvalue weighted by Gasteiger charge is 2.53. The molecule has 18 heavy (non-hydrogen) atoms. The maximum absolute atomic E-state index is 6.55. The third kappa shape index (κ3) is 1.64. The first kappa shape index (κ1) is 11.0. The van der Waals surface area contributed by atoms with Gasteiger partial charge in [0, 0.05) is 6.04 Å². The molecule has 0 radical (unpaired) electrons. The summed E-state index contributed by atoms with van der Waals surface area (Å²) in [5, 5.41) is 0. The zero-order chi connectivity index (χ0) is 12.1. The molecule has 1 heteroatoms. The number of rotatable bonds is 2. The monoisotopic (exact) mass is 241 g/mol. The third-order valence-corrected chi connectivity index (χ3v) is 5.64. The Hall–Kier alpha value is -0.820. The van der Waals surface area contributed by atoms with Crippen LogP contribution in [0.3, 0.4) is 0 Å². The summed E-state index contributed by atoms with van der Waals surface area (Å²) in [4.78, 5) is 0. The average molecular weight is 241 g/mol. The van der Waals surface area contributed by atoms with Crippen LogP contribution < -0.4 is 5.73 Å². The zero-order valence-corrected chi connectivity index (χ0v) is 11.1. The molecule has 2 saturated carbocycles. The van der Waals surface area contributed by atoms with Crippen molar-refractivity contribution in [2.75, 3.05) is 0 Å². The Morgan fingerprint density at radius 2 is 1.67 bits per heavy atom. The molecule has 4 rings (SSSR count). The number of hydrogen-bond donors (Lipinski definition) is 1. The molecule has 0 heterocycles. The van der Waals surface area contributed by atoms with E-state index in [4.69, 9.17) is 5.73 Å². The van der Waals surface area contributed by atoms with Crippen molar-refractivity contribution in [3.63, 3.8) is 0 Å². The first-order valence-corrected chi connectivity index (χ1v) is 7.72. The van der Waals surface area contributed by atoms with Gasteiger partial charge in [-0.25, -0.2) is 0 Å². The Morgan fingerprint density at radius 1 is 0.944 bits per heavy atom. The summed E-state index contributed by atoms with van der Waals surface area (Å²) in [7, 11) is 0. The highest BCUT2D eigenvalue weighted by atomic mass is 14.7. The van der Waals surface area contributed by atoms with Gasteiger partial charge in [0.2, 0.25) is 0 Å². The lowest BCUT2D eigenvalue weighted by Crippen LogP contribution is -2.14. The van der Waals surface area contributed by atoms with Gasteiger partial charge in [-0.05, 0) is 66.5 Å². The number of aryl methyl sites for hydroxylation is 2. The van der Waals surface area contributed by atoms with Crippen LogP contribution in [0, 0.1) is 17.8 Å². The van der Waals surface area contributed by atoms with Crippen molar-refractivity contribution in [1.82, 2.24) is 0 Å². The molecule has 3 aliphatic rings. The van der Waals surface area contributed by atoms with E-state index in [1.54, 1.807) is 11.1 Å². The van der Waals surface area contributed by atoms with Crippen molar-refractivity contribution in [3.05, 3.63) is 34.9 Å². The Morgan fingerprint density at radius 3 is 2.44 bits per heavy atom. The second-order valence-corrected chi connectivity index (χ2v) is 6.60. The molecule has 2 fully saturated rings. The Balaban J connectivity index is 1.56. The molecule has 2 N–H and O–H groups in total. The molecule has 0 aliphatic heterocycles. The van der Waals surface area contributed by atoms with Gasteiger partial charge in [0.1, 0.15) is 0 Å². The third-order valence-electron chi connectivity index (χ3n) is 5.64. The van der Waals surface area contributed by atoms with Gasteiger partial charge in [0.15, 0.2) is 0 Å². The predicted octanol–water partition coefficient (Wildman–Crippen LogP) is 3.61. The maximum atomic E-state index is 6.55. The molecule has 0 amide bonds. The van der Waals surface area contributed by atoms with E-state index in [1.165, 1.54) is 50.5 Å². The summed E-state index contributed by atoms with van der Waals surface area (Å²) >= 11 is 0. The molecule has 1 aromatic carbocycles. The predicted molar refractivity (Wildman–Crippen MR) is 74.3 cm³/mol. The quantitative estimate of drug-likeness (QED) is 0.841.